The number of para-hydroxylation sites is 2. The number of H-pyrrole nitrogens is 1. The summed E-state index contributed by atoms with van der Waals surface area (Å²) in [6.07, 6.45) is 8.59. The lowest BCUT2D eigenvalue weighted by Gasteiger charge is -2.45. The number of hydrogen-bond donors (Lipinski definition) is 1. The van der Waals surface area contributed by atoms with E-state index in [9.17, 15) is 0 Å². The van der Waals surface area contributed by atoms with E-state index in [1.807, 2.05) is 0 Å². The van der Waals surface area contributed by atoms with Gasteiger partial charge in [0.1, 0.15) is 5.82 Å². The smallest absolute Gasteiger partial charge is 0.265 e. The second kappa shape index (κ2) is 9.24. The van der Waals surface area contributed by atoms with Crippen molar-refractivity contribution in [2.24, 2.45) is 0 Å². The van der Waals surface area contributed by atoms with E-state index >= 15 is 0 Å². The summed E-state index contributed by atoms with van der Waals surface area (Å²) in [4.78, 5) is 10.0. The molecule has 0 spiro atoms. The Morgan fingerprint density at radius 2 is 1.65 bits per heavy atom. The molecule has 0 aliphatic carbocycles. The van der Waals surface area contributed by atoms with Crippen LogP contribution >= 0.6 is 0 Å². The lowest BCUT2D eigenvalue weighted by Crippen LogP contribution is -2.48. The lowest BCUT2D eigenvalue weighted by molar-refractivity contribution is 0.0937. The van der Waals surface area contributed by atoms with Crippen molar-refractivity contribution in [3.63, 3.8) is 0 Å². The molecule has 3 saturated heterocycles. The number of tetrazole rings is 1. The number of aryl methyl sites for hydroxylation is 1. The standard InChI is InChI=1S/C29H36N8/c1-21-30-26-9-5-6-10-27(26)37(21)25-19-23-11-12-24(20-25)36(23)18-15-29(22-7-3-2-4-8-22)13-16-35(17-14-29)28-31-33-34-32-28/h2-10,23-25H,11-20H2,1H3,(H,31,32,33,34)/t23-,24+,25?. The minimum Gasteiger partial charge on any atom is -0.338 e. The Morgan fingerprint density at radius 3 is 2.38 bits per heavy atom. The fraction of sp³-hybridized carbons (Fsp3) is 0.517. The third kappa shape index (κ3) is 4.02. The zero-order chi connectivity index (χ0) is 24.8. The van der Waals surface area contributed by atoms with E-state index in [0.717, 1.165) is 43.2 Å². The number of nitrogens with zero attached hydrogens (tertiary/aromatic N) is 7. The second-order valence-electron chi connectivity index (χ2n) is 11.4. The summed E-state index contributed by atoms with van der Waals surface area (Å²) in [6.45, 7) is 5.30. The fourth-order valence-corrected chi connectivity index (χ4v) is 7.69. The van der Waals surface area contributed by atoms with Crippen molar-refractivity contribution in [1.82, 2.24) is 35.1 Å². The summed E-state index contributed by atoms with van der Waals surface area (Å²) >= 11 is 0. The van der Waals surface area contributed by atoms with E-state index in [-0.39, 0.29) is 5.41 Å². The zero-order valence-electron chi connectivity index (χ0n) is 21.6. The predicted octanol–water partition coefficient (Wildman–Crippen LogP) is 4.65. The number of benzene rings is 2. The van der Waals surface area contributed by atoms with Gasteiger partial charge in [-0.15, -0.1) is 5.10 Å². The molecular formula is C29H36N8. The molecule has 0 amide bonds. The van der Waals surface area contributed by atoms with Crippen LogP contribution in [-0.2, 0) is 5.41 Å². The highest BCUT2D eigenvalue weighted by Gasteiger charge is 2.44. The number of hydrogen-bond acceptors (Lipinski definition) is 6. The molecule has 4 aromatic rings. The lowest BCUT2D eigenvalue weighted by atomic mass is 9.70. The number of rotatable bonds is 6. The Labute approximate surface area is 218 Å². The van der Waals surface area contributed by atoms with Crippen LogP contribution in [0.4, 0.5) is 5.95 Å². The molecule has 192 valence electrons. The largest absolute Gasteiger partial charge is 0.338 e. The maximum absolute atomic E-state index is 4.87. The molecule has 3 fully saturated rings. The van der Waals surface area contributed by atoms with Crippen molar-refractivity contribution in [3.05, 3.63) is 66.0 Å². The van der Waals surface area contributed by atoms with Gasteiger partial charge in [-0.2, -0.15) is 5.21 Å². The average Bonchev–Trinajstić information content (AvgIpc) is 3.64. The Morgan fingerprint density at radius 1 is 0.919 bits per heavy atom. The number of anilines is 1. The van der Waals surface area contributed by atoms with Crippen molar-refractivity contribution in [3.8, 4) is 0 Å². The van der Waals surface area contributed by atoms with Gasteiger partial charge in [0.2, 0.25) is 0 Å². The van der Waals surface area contributed by atoms with Crippen molar-refractivity contribution in [2.75, 3.05) is 24.5 Å². The van der Waals surface area contributed by atoms with Crippen LogP contribution in [0.25, 0.3) is 11.0 Å². The molecule has 8 heteroatoms. The Bertz CT molecular complexity index is 1330. The summed E-state index contributed by atoms with van der Waals surface area (Å²) in [6, 6.07) is 21.8. The van der Waals surface area contributed by atoms with Crippen molar-refractivity contribution < 1.29 is 0 Å². The molecule has 5 heterocycles. The minimum absolute atomic E-state index is 0.203. The molecular weight excluding hydrogens is 460 g/mol. The molecule has 3 aliphatic rings. The van der Waals surface area contributed by atoms with Crippen LogP contribution in [0, 0.1) is 6.92 Å². The average molecular weight is 497 g/mol. The molecule has 0 radical (unpaired) electrons. The van der Waals surface area contributed by atoms with E-state index in [2.05, 4.69) is 96.5 Å². The molecule has 2 bridgehead atoms. The van der Waals surface area contributed by atoms with Gasteiger partial charge >= 0.3 is 0 Å². The van der Waals surface area contributed by atoms with Gasteiger partial charge in [0.15, 0.2) is 0 Å². The van der Waals surface area contributed by atoms with Crippen LogP contribution < -0.4 is 4.90 Å². The molecule has 37 heavy (non-hydrogen) atoms. The first-order valence-electron chi connectivity index (χ1n) is 13.9. The fourth-order valence-electron chi connectivity index (χ4n) is 7.69. The van der Waals surface area contributed by atoms with Gasteiger partial charge in [-0.3, -0.25) is 4.90 Å². The van der Waals surface area contributed by atoms with Crippen LogP contribution in [-0.4, -0.2) is 66.8 Å². The second-order valence-corrected chi connectivity index (χ2v) is 11.4. The van der Waals surface area contributed by atoms with E-state index in [1.54, 1.807) is 0 Å². The molecule has 2 aromatic carbocycles. The number of aromatic nitrogens is 6. The summed E-state index contributed by atoms with van der Waals surface area (Å²) in [5, 5.41) is 14.8. The van der Waals surface area contributed by atoms with E-state index in [0.29, 0.717) is 18.1 Å². The molecule has 0 saturated carbocycles. The molecule has 3 atom stereocenters. The van der Waals surface area contributed by atoms with Crippen molar-refractivity contribution >= 4 is 17.0 Å². The van der Waals surface area contributed by atoms with Gasteiger partial charge < -0.3 is 9.47 Å². The van der Waals surface area contributed by atoms with Gasteiger partial charge in [0.05, 0.1) is 11.0 Å². The highest BCUT2D eigenvalue weighted by atomic mass is 15.5. The molecule has 1 N–H and O–H groups in total. The number of aromatic amines is 1. The summed E-state index contributed by atoms with van der Waals surface area (Å²) in [5.41, 5.74) is 4.13. The number of imidazole rings is 1. The minimum atomic E-state index is 0.203. The van der Waals surface area contributed by atoms with Crippen LogP contribution in [0.5, 0.6) is 0 Å². The van der Waals surface area contributed by atoms with Crippen LogP contribution in [0.1, 0.15) is 62.4 Å². The third-order valence-electron chi connectivity index (χ3n) is 9.57. The number of piperidine rings is 2. The summed E-state index contributed by atoms with van der Waals surface area (Å²) in [7, 11) is 0. The van der Waals surface area contributed by atoms with Gasteiger partial charge in [0.25, 0.3) is 5.95 Å². The maximum atomic E-state index is 4.87. The molecule has 7 rings (SSSR count). The summed E-state index contributed by atoms with van der Waals surface area (Å²) in [5.74, 6) is 1.89. The van der Waals surface area contributed by atoms with Crippen LogP contribution in [0.2, 0.25) is 0 Å². The molecule has 3 aliphatic heterocycles. The number of fused-ring (bicyclic) bond motifs is 3. The normalized spacial score (nSPS) is 25.6. The molecule has 8 nitrogen and oxygen atoms in total. The van der Waals surface area contributed by atoms with Gasteiger partial charge in [-0.25, -0.2) is 4.98 Å². The number of nitrogens with one attached hydrogen (secondary N) is 1. The van der Waals surface area contributed by atoms with Gasteiger partial charge in [0, 0.05) is 31.2 Å². The van der Waals surface area contributed by atoms with E-state index in [4.69, 9.17) is 4.98 Å². The first-order valence-corrected chi connectivity index (χ1v) is 13.9. The van der Waals surface area contributed by atoms with Crippen molar-refractivity contribution in [1.29, 1.82) is 0 Å². The van der Waals surface area contributed by atoms with Gasteiger partial charge in [-0.1, -0.05) is 47.6 Å². The van der Waals surface area contributed by atoms with E-state index < -0.39 is 0 Å². The quantitative estimate of drug-likeness (QED) is 0.419. The SMILES string of the molecule is Cc1nc2ccccc2n1C1C[C@H]2CC[C@@H](C1)N2CCC1(c2ccccc2)CCN(c2nn[nH]n2)CC1. The summed E-state index contributed by atoms with van der Waals surface area (Å²) < 4.78 is 2.54. The monoisotopic (exact) mass is 496 g/mol. The maximum Gasteiger partial charge on any atom is 0.265 e. The molecule has 1 unspecified atom stereocenters. The Hall–Kier alpha value is -3.26. The van der Waals surface area contributed by atoms with E-state index in [1.165, 1.54) is 49.7 Å². The highest BCUT2D eigenvalue weighted by Crippen LogP contribution is 2.45. The van der Waals surface area contributed by atoms with Crippen LogP contribution in [0.15, 0.2) is 54.6 Å². The topological polar surface area (TPSA) is 78.8 Å². The third-order valence-corrected chi connectivity index (χ3v) is 9.57. The Balaban J connectivity index is 1.08. The Kier molecular flexibility index (Phi) is 5.72. The molecule has 2 aromatic heterocycles. The van der Waals surface area contributed by atoms with Crippen molar-refractivity contribution in [2.45, 2.75) is 75.4 Å². The van der Waals surface area contributed by atoms with Gasteiger partial charge in [-0.05, 0) is 86.7 Å². The first-order chi connectivity index (χ1) is 18.2. The predicted molar refractivity (Wildman–Crippen MR) is 145 cm³/mol. The van der Waals surface area contributed by atoms with Crippen LogP contribution in [0.3, 0.4) is 0 Å². The zero-order valence-corrected chi connectivity index (χ0v) is 21.6. The highest BCUT2D eigenvalue weighted by molar-refractivity contribution is 5.76. The first kappa shape index (κ1) is 22.9.